The third-order valence-electron chi connectivity index (χ3n) is 16.3. The molecule has 0 spiro atoms. The number of carboxylic acids is 1. The fraction of sp³-hybridized carbons (Fsp3) is 0.744. The van der Waals surface area contributed by atoms with E-state index in [1.807, 2.05) is 0 Å². The molecule has 0 aromatic heterocycles. The fourth-order valence-corrected chi connectivity index (χ4v) is 13.5. The number of esters is 1. The van der Waals surface area contributed by atoms with Crippen molar-refractivity contribution >= 4 is 23.5 Å². The zero-order chi connectivity index (χ0) is 36.7. The van der Waals surface area contributed by atoms with Crippen LogP contribution in [0.1, 0.15) is 132 Å². The molecule has 5 aliphatic rings. The summed E-state index contributed by atoms with van der Waals surface area (Å²) in [7, 11) is 0. The van der Waals surface area contributed by atoms with Gasteiger partial charge in [0.05, 0.1) is 11.8 Å². The minimum atomic E-state index is -1.16. The molecule has 0 bridgehead atoms. The smallest absolute Gasteiger partial charge is 0.309 e. The van der Waals surface area contributed by atoms with Gasteiger partial charge in [0.15, 0.2) is 0 Å². The van der Waals surface area contributed by atoms with E-state index in [0.29, 0.717) is 41.7 Å². The normalized spacial score (nSPS) is 40.3. The maximum atomic E-state index is 13.7. The second-order valence-electron chi connectivity index (χ2n) is 19.5. The number of anilines is 1. The van der Waals surface area contributed by atoms with Gasteiger partial charge < -0.3 is 15.2 Å². The summed E-state index contributed by atoms with van der Waals surface area (Å²) in [6.07, 6.45) is 10.9. The second kappa shape index (κ2) is 12.5. The first kappa shape index (κ1) is 37.1. The van der Waals surface area contributed by atoms with Crippen molar-refractivity contribution in [2.24, 2.45) is 62.1 Å². The molecule has 50 heavy (non-hydrogen) atoms. The van der Waals surface area contributed by atoms with E-state index in [9.17, 15) is 23.9 Å². The van der Waals surface area contributed by atoms with E-state index in [-0.39, 0.29) is 51.3 Å². The Bertz CT molecular complexity index is 1530. The lowest BCUT2D eigenvalue weighted by Gasteiger charge is -2.73. The number of rotatable bonds is 8. The van der Waals surface area contributed by atoms with Crippen molar-refractivity contribution in [3.05, 3.63) is 42.2 Å². The predicted octanol–water partition coefficient (Wildman–Crippen LogP) is 10.2. The number of carbonyl (C=O) groups excluding carboxylic acids is 2. The fourth-order valence-electron chi connectivity index (χ4n) is 13.5. The lowest BCUT2D eigenvalue weighted by Crippen LogP contribution is -2.66. The lowest BCUT2D eigenvalue weighted by atomic mass is 9.32. The SMILES string of the molecule is C=C(C)[C@@H]1CC[C@]2(CC(=O)Nc3ccc(F)cc3)CC[C@]3(C)[C@H](CCC4[C@@]5(C)CC[C@H](OC(=O)CC(C)(C)C(=O)O)C(C)(C)C5CC[C@]43C)[C@@H]12. The maximum absolute atomic E-state index is 13.7. The number of carboxylic acid groups (broad SMARTS) is 1. The molecule has 1 aromatic carbocycles. The topological polar surface area (TPSA) is 92.7 Å². The van der Waals surface area contributed by atoms with Crippen molar-refractivity contribution in [1.82, 2.24) is 0 Å². The van der Waals surface area contributed by atoms with Crippen LogP contribution in [0.25, 0.3) is 0 Å². The third-order valence-corrected chi connectivity index (χ3v) is 16.3. The van der Waals surface area contributed by atoms with E-state index in [1.54, 1.807) is 26.0 Å². The highest BCUT2D eigenvalue weighted by atomic mass is 19.1. The van der Waals surface area contributed by atoms with E-state index in [4.69, 9.17) is 4.74 Å². The van der Waals surface area contributed by atoms with Gasteiger partial charge in [0.2, 0.25) is 5.91 Å². The van der Waals surface area contributed by atoms with Crippen LogP contribution < -0.4 is 5.32 Å². The van der Waals surface area contributed by atoms with Gasteiger partial charge in [0.25, 0.3) is 0 Å². The maximum Gasteiger partial charge on any atom is 0.309 e. The number of nitrogens with one attached hydrogen (secondary N) is 1. The highest BCUT2D eigenvalue weighted by molar-refractivity contribution is 5.91. The Balaban J connectivity index is 1.24. The molecular weight excluding hydrogens is 629 g/mol. The molecule has 5 saturated carbocycles. The average Bonchev–Trinajstić information content (AvgIpc) is 3.39. The molecule has 2 unspecified atom stereocenters. The molecule has 7 heteroatoms. The standard InChI is InChI=1S/C43H62FNO5/c1-26(2)29-16-21-43(24-34(46)45-28-12-10-27(44)11-13-28)23-22-41(8)30(36(29)43)14-15-32-40(7)19-18-33(50-35(47)25-38(3,4)37(48)49)39(5,6)31(40)17-20-42(32,41)9/h10-13,29-33,36H,1,14-25H2,2-9H3,(H,45,46)(H,48,49)/t29-,30+,31?,32?,33-,36+,40-,41+,42+,43+/m0/s1. The number of benzene rings is 1. The van der Waals surface area contributed by atoms with Gasteiger partial charge in [-0.1, -0.05) is 46.8 Å². The third kappa shape index (κ3) is 5.75. The summed E-state index contributed by atoms with van der Waals surface area (Å²) in [6, 6.07) is 6.08. The van der Waals surface area contributed by atoms with Crippen LogP contribution in [0.4, 0.5) is 10.1 Å². The monoisotopic (exact) mass is 691 g/mol. The van der Waals surface area contributed by atoms with Crippen LogP contribution >= 0.6 is 0 Å². The lowest BCUT2D eigenvalue weighted by molar-refractivity contribution is -0.250. The number of hydrogen-bond acceptors (Lipinski definition) is 4. The molecule has 6 rings (SSSR count). The number of carbonyl (C=O) groups is 3. The van der Waals surface area contributed by atoms with Crippen molar-refractivity contribution in [3.8, 4) is 0 Å². The van der Waals surface area contributed by atoms with Crippen LogP contribution in [-0.4, -0.2) is 29.1 Å². The summed E-state index contributed by atoms with van der Waals surface area (Å²) in [6.45, 7) is 22.2. The van der Waals surface area contributed by atoms with Crippen LogP contribution in [0.5, 0.6) is 0 Å². The molecule has 0 heterocycles. The van der Waals surface area contributed by atoms with Gasteiger partial charge in [0, 0.05) is 17.5 Å². The number of hydrogen-bond donors (Lipinski definition) is 2. The Hall–Kier alpha value is -2.70. The number of ether oxygens (including phenoxy) is 1. The molecule has 0 aliphatic heterocycles. The summed E-state index contributed by atoms with van der Waals surface area (Å²) < 4.78 is 19.7. The van der Waals surface area contributed by atoms with Crippen LogP contribution in [0, 0.1) is 67.9 Å². The largest absolute Gasteiger partial charge is 0.481 e. The molecular formula is C43H62FNO5. The Morgan fingerprint density at radius 2 is 1.58 bits per heavy atom. The number of halogens is 1. The Kier molecular flexibility index (Phi) is 9.24. The van der Waals surface area contributed by atoms with Gasteiger partial charge in [0.1, 0.15) is 11.9 Å². The minimum absolute atomic E-state index is 0.0340. The van der Waals surface area contributed by atoms with Crippen LogP contribution in [0.15, 0.2) is 36.4 Å². The van der Waals surface area contributed by atoms with Gasteiger partial charge in [-0.2, -0.15) is 0 Å². The van der Waals surface area contributed by atoms with Crippen molar-refractivity contribution in [3.63, 3.8) is 0 Å². The van der Waals surface area contributed by atoms with Gasteiger partial charge in [-0.25, -0.2) is 4.39 Å². The molecule has 1 aromatic rings. The van der Waals surface area contributed by atoms with E-state index in [0.717, 1.165) is 57.8 Å². The van der Waals surface area contributed by atoms with Crippen LogP contribution in [-0.2, 0) is 19.1 Å². The summed E-state index contributed by atoms with van der Waals surface area (Å²) in [5.74, 6) is 0.639. The zero-order valence-electron chi connectivity index (χ0n) is 31.9. The van der Waals surface area contributed by atoms with E-state index >= 15 is 0 Å². The second-order valence-corrected chi connectivity index (χ2v) is 19.5. The molecule has 2 N–H and O–H groups in total. The van der Waals surface area contributed by atoms with E-state index < -0.39 is 17.4 Å². The summed E-state index contributed by atoms with van der Waals surface area (Å²) in [4.78, 5) is 38.5. The Morgan fingerprint density at radius 3 is 2.22 bits per heavy atom. The van der Waals surface area contributed by atoms with E-state index in [1.165, 1.54) is 24.1 Å². The van der Waals surface area contributed by atoms with Crippen LogP contribution in [0.3, 0.4) is 0 Å². The molecule has 5 fully saturated rings. The van der Waals surface area contributed by atoms with Gasteiger partial charge in [-0.15, -0.1) is 0 Å². The molecule has 10 atom stereocenters. The summed E-state index contributed by atoms with van der Waals surface area (Å²) in [5.41, 5.74) is 0.875. The highest BCUT2D eigenvalue weighted by Crippen LogP contribution is 2.78. The number of amides is 1. The molecule has 5 aliphatic carbocycles. The molecule has 276 valence electrons. The van der Waals surface area contributed by atoms with Gasteiger partial charge >= 0.3 is 11.9 Å². The molecule has 0 radical (unpaired) electrons. The first-order valence-corrected chi connectivity index (χ1v) is 19.3. The summed E-state index contributed by atoms with van der Waals surface area (Å²) >= 11 is 0. The van der Waals surface area contributed by atoms with Crippen molar-refractivity contribution in [2.45, 2.75) is 139 Å². The molecule has 0 saturated heterocycles. The number of fused-ring (bicyclic) bond motifs is 7. The zero-order valence-corrected chi connectivity index (χ0v) is 31.9. The van der Waals surface area contributed by atoms with Crippen molar-refractivity contribution in [2.75, 3.05) is 5.32 Å². The number of aliphatic carboxylic acids is 1. The van der Waals surface area contributed by atoms with Crippen LogP contribution in [0.2, 0.25) is 0 Å². The molecule has 1 amide bonds. The Morgan fingerprint density at radius 1 is 0.900 bits per heavy atom. The first-order chi connectivity index (χ1) is 23.2. The number of allylic oxidation sites excluding steroid dienone is 1. The average molecular weight is 692 g/mol. The highest BCUT2D eigenvalue weighted by Gasteiger charge is 2.71. The van der Waals surface area contributed by atoms with Crippen molar-refractivity contribution < 1.29 is 28.6 Å². The Labute approximate surface area is 299 Å². The predicted molar refractivity (Wildman–Crippen MR) is 195 cm³/mol. The van der Waals surface area contributed by atoms with Gasteiger partial charge in [-0.3, -0.25) is 14.4 Å². The quantitative estimate of drug-likeness (QED) is 0.209. The minimum Gasteiger partial charge on any atom is -0.481 e. The van der Waals surface area contributed by atoms with E-state index in [2.05, 4.69) is 53.4 Å². The van der Waals surface area contributed by atoms with Gasteiger partial charge in [-0.05, 0) is 160 Å². The first-order valence-electron chi connectivity index (χ1n) is 19.3. The summed E-state index contributed by atoms with van der Waals surface area (Å²) in [5, 5.41) is 12.7. The molecule has 6 nitrogen and oxygen atoms in total. The van der Waals surface area contributed by atoms with Crippen molar-refractivity contribution in [1.29, 1.82) is 0 Å².